The summed E-state index contributed by atoms with van der Waals surface area (Å²) in [4.78, 5) is 33.5. The topological polar surface area (TPSA) is 70.5 Å². The first-order valence-electron chi connectivity index (χ1n) is 11.6. The Bertz CT molecular complexity index is 1400. The number of hydrogen-bond donors (Lipinski definition) is 1. The molecule has 0 radical (unpaired) electrons. The monoisotopic (exact) mass is 489 g/mol. The van der Waals surface area contributed by atoms with Crippen LogP contribution in [0.3, 0.4) is 0 Å². The minimum absolute atomic E-state index is 0.0335. The predicted molar refractivity (Wildman–Crippen MR) is 133 cm³/mol. The van der Waals surface area contributed by atoms with Crippen LogP contribution in [0.5, 0.6) is 0 Å². The molecule has 2 amide bonds. The van der Waals surface area contributed by atoms with Crippen molar-refractivity contribution < 1.29 is 14.0 Å². The average Bonchev–Trinajstić information content (AvgIpc) is 3.45. The number of aromatic nitrogens is 2. The van der Waals surface area contributed by atoms with Crippen LogP contribution >= 0.6 is 11.3 Å². The highest BCUT2D eigenvalue weighted by Crippen LogP contribution is 2.28. The summed E-state index contributed by atoms with van der Waals surface area (Å²) in [5, 5.41) is 6.31. The summed E-state index contributed by atoms with van der Waals surface area (Å²) in [6.07, 6.45) is 3.65. The zero-order chi connectivity index (χ0) is 24.1. The Labute approximate surface area is 205 Å². The second-order valence-electron chi connectivity index (χ2n) is 9.22. The first kappa shape index (κ1) is 21.9. The number of carbonyl (C=O) groups is 2. The molecule has 0 aliphatic carbocycles. The van der Waals surface area contributed by atoms with Gasteiger partial charge in [-0.2, -0.15) is 0 Å². The van der Waals surface area contributed by atoms with Crippen LogP contribution in [-0.2, 0) is 0 Å². The number of thiazole rings is 1. The molecule has 1 N–H and O–H groups in total. The van der Waals surface area contributed by atoms with Crippen LogP contribution in [-0.4, -0.2) is 69.4 Å². The molecule has 4 heterocycles. The number of carbonyl (C=O) groups excluding carboxylic acids is 2. The molecule has 2 saturated heterocycles. The standard InChI is InChI=1S/C26H24FN5O2S/c1-16-11-32(20-5-3-18(27)4-6-20)23-7-2-17(10-22(16)23)26(34)31-14-21(15-31)30-12-19(13-30)29-24(33)25-28-8-9-35-25/h2-11,19,21H,12-15H2,1H3,(H,29,33). The van der Waals surface area contributed by atoms with Crippen molar-refractivity contribution in [1.29, 1.82) is 0 Å². The average molecular weight is 490 g/mol. The number of hydrogen-bond acceptors (Lipinski definition) is 5. The number of fused-ring (bicyclic) bond motifs is 1. The smallest absolute Gasteiger partial charge is 0.280 e. The van der Waals surface area contributed by atoms with E-state index in [4.69, 9.17) is 0 Å². The lowest BCUT2D eigenvalue weighted by Crippen LogP contribution is -2.70. The zero-order valence-electron chi connectivity index (χ0n) is 19.1. The second kappa shape index (κ2) is 8.58. The van der Waals surface area contributed by atoms with E-state index in [0.29, 0.717) is 29.7 Å². The molecule has 2 aliphatic rings. The van der Waals surface area contributed by atoms with E-state index in [1.807, 2.05) is 40.8 Å². The van der Waals surface area contributed by atoms with Crippen molar-refractivity contribution in [3.8, 4) is 5.69 Å². The van der Waals surface area contributed by atoms with Gasteiger partial charge in [-0.15, -0.1) is 11.3 Å². The fourth-order valence-electron chi connectivity index (χ4n) is 4.86. The third kappa shape index (κ3) is 4.00. The molecule has 9 heteroatoms. The number of aryl methyl sites for hydroxylation is 1. The Kier molecular flexibility index (Phi) is 5.38. The number of benzene rings is 2. The Hall–Kier alpha value is -3.56. The van der Waals surface area contributed by atoms with E-state index in [2.05, 4.69) is 15.2 Å². The van der Waals surface area contributed by atoms with Gasteiger partial charge in [0, 0.05) is 66.6 Å². The summed E-state index contributed by atoms with van der Waals surface area (Å²) in [7, 11) is 0. The van der Waals surface area contributed by atoms with Gasteiger partial charge in [-0.05, 0) is 55.0 Å². The Morgan fingerprint density at radius 3 is 2.57 bits per heavy atom. The molecule has 6 rings (SSSR count). The normalized spacial score (nSPS) is 16.8. The minimum Gasteiger partial charge on any atom is -0.345 e. The van der Waals surface area contributed by atoms with Crippen LogP contribution in [0, 0.1) is 12.7 Å². The molecule has 0 unspecified atom stereocenters. The Morgan fingerprint density at radius 1 is 1.09 bits per heavy atom. The van der Waals surface area contributed by atoms with Crippen molar-refractivity contribution in [2.45, 2.75) is 19.0 Å². The van der Waals surface area contributed by atoms with Gasteiger partial charge in [-0.3, -0.25) is 14.5 Å². The minimum atomic E-state index is -0.267. The molecular formula is C26H24FN5O2S. The second-order valence-corrected chi connectivity index (χ2v) is 10.1. The van der Waals surface area contributed by atoms with E-state index in [0.717, 1.165) is 35.2 Å². The summed E-state index contributed by atoms with van der Waals surface area (Å²) in [5.74, 6) is -0.350. The lowest BCUT2D eigenvalue weighted by Gasteiger charge is -2.51. The van der Waals surface area contributed by atoms with Crippen molar-refractivity contribution in [3.63, 3.8) is 0 Å². The van der Waals surface area contributed by atoms with Gasteiger partial charge in [0.15, 0.2) is 5.01 Å². The van der Waals surface area contributed by atoms with Crippen molar-refractivity contribution in [3.05, 3.63) is 82.2 Å². The summed E-state index contributed by atoms with van der Waals surface area (Å²) < 4.78 is 15.4. The van der Waals surface area contributed by atoms with Crippen LogP contribution in [0.4, 0.5) is 4.39 Å². The number of nitrogens with zero attached hydrogens (tertiary/aromatic N) is 4. The van der Waals surface area contributed by atoms with Gasteiger partial charge in [0.1, 0.15) is 5.82 Å². The third-order valence-corrected chi connectivity index (χ3v) is 7.66. The molecule has 2 aliphatic heterocycles. The fraction of sp³-hybridized carbons (Fsp3) is 0.269. The van der Waals surface area contributed by atoms with Crippen LogP contribution < -0.4 is 5.32 Å². The Balaban J connectivity index is 1.07. The molecule has 7 nitrogen and oxygen atoms in total. The van der Waals surface area contributed by atoms with E-state index >= 15 is 0 Å². The highest BCUT2D eigenvalue weighted by atomic mass is 32.1. The van der Waals surface area contributed by atoms with Crippen molar-refractivity contribution in [1.82, 2.24) is 24.7 Å². The van der Waals surface area contributed by atoms with E-state index in [1.54, 1.807) is 23.7 Å². The maximum absolute atomic E-state index is 13.3. The van der Waals surface area contributed by atoms with Gasteiger partial charge in [-0.25, -0.2) is 9.37 Å². The quantitative estimate of drug-likeness (QED) is 0.466. The molecule has 0 saturated carbocycles. The van der Waals surface area contributed by atoms with Crippen molar-refractivity contribution >= 4 is 34.1 Å². The van der Waals surface area contributed by atoms with Crippen LogP contribution in [0.2, 0.25) is 0 Å². The van der Waals surface area contributed by atoms with Gasteiger partial charge in [-0.1, -0.05) is 0 Å². The number of amides is 2. The molecule has 0 atom stereocenters. The summed E-state index contributed by atoms with van der Waals surface area (Å²) in [5.41, 5.74) is 3.60. The van der Waals surface area contributed by atoms with Crippen molar-refractivity contribution in [2.75, 3.05) is 26.2 Å². The highest BCUT2D eigenvalue weighted by Gasteiger charge is 2.41. The van der Waals surface area contributed by atoms with Gasteiger partial charge in [0.25, 0.3) is 11.8 Å². The third-order valence-electron chi connectivity index (χ3n) is 6.89. The van der Waals surface area contributed by atoms with E-state index in [1.165, 1.54) is 23.5 Å². The van der Waals surface area contributed by atoms with Crippen LogP contribution in [0.1, 0.15) is 25.7 Å². The number of nitrogens with one attached hydrogen (secondary N) is 1. The molecule has 0 bridgehead atoms. The van der Waals surface area contributed by atoms with Gasteiger partial charge >= 0.3 is 0 Å². The van der Waals surface area contributed by atoms with Crippen LogP contribution in [0.15, 0.2) is 60.2 Å². The maximum atomic E-state index is 13.3. The molecule has 178 valence electrons. The van der Waals surface area contributed by atoms with Crippen molar-refractivity contribution in [2.24, 2.45) is 0 Å². The molecule has 2 fully saturated rings. The summed E-state index contributed by atoms with van der Waals surface area (Å²) >= 11 is 1.34. The van der Waals surface area contributed by atoms with Gasteiger partial charge in [0.05, 0.1) is 11.6 Å². The van der Waals surface area contributed by atoms with Crippen LogP contribution in [0.25, 0.3) is 16.6 Å². The van der Waals surface area contributed by atoms with E-state index < -0.39 is 0 Å². The summed E-state index contributed by atoms with van der Waals surface area (Å²) in [6, 6.07) is 12.6. The van der Waals surface area contributed by atoms with Gasteiger partial charge < -0.3 is 14.8 Å². The number of halogens is 1. The maximum Gasteiger partial charge on any atom is 0.280 e. The molecule has 0 spiro atoms. The van der Waals surface area contributed by atoms with Gasteiger partial charge in [0.2, 0.25) is 0 Å². The lowest BCUT2D eigenvalue weighted by molar-refractivity contribution is -0.00940. The largest absolute Gasteiger partial charge is 0.345 e. The molecule has 2 aromatic heterocycles. The number of rotatable bonds is 5. The van der Waals surface area contributed by atoms with E-state index in [-0.39, 0.29) is 23.7 Å². The molecule has 35 heavy (non-hydrogen) atoms. The predicted octanol–water partition coefficient (Wildman–Crippen LogP) is 3.47. The fourth-order valence-corrected chi connectivity index (χ4v) is 5.40. The Morgan fingerprint density at radius 2 is 1.86 bits per heavy atom. The first-order chi connectivity index (χ1) is 17.0. The molecule has 4 aromatic rings. The SMILES string of the molecule is Cc1cn(-c2ccc(F)cc2)c2ccc(C(=O)N3CC(N4CC(NC(=O)c5nccs5)C4)C3)cc12. The zero-order valence-corrected chi connectivity index (χ0v) is 20.0. The lowest BCUT2D eigenvalue weighted by atomic mass is 9.98. The molecule has 2 aromatic carbocycles. The highest BCUT2D eigenvalue weighted by molar-refractivity contribution is 7.11. The summed E-state index contributed by atoms with van der Waals surface area (Å²) in [6.45, 7) is 5.00. The number of likely N-dealkylation sites (tertiary alicyclic amines) is 2. The van der Waals surface area contributed by atoms with E-state index in [9.17, 15) is 14.0 Å². The molecular weight excluding hydrogens is 465 g/mol. The first-order valence-corrected chi connectivity index (χ1v) is 12.5.